The summed E-state index contributed by atoms with van der Waals surface area (Å²) in [5, 5.41) is 0. The molecular formula is C15H21FN2S. The van der Waals surface area contributed by atoms with E-state index in [0.717, 1.165) is 12.1 Å². The molecule has 0 spiro atoms. The molecule has 1 aliphatic heterocycles. The predicted molar refractivity (Wildman–Crippen MR) is 80.6 cm³/mol. The van der Waals surface area contributed by atoms with Crippen LogP contribution in [-0.4, -0.2) is 22.0 Å². The molecule has 2 N–H and O–H groups in total. The molecular weight excluding hydrogens is 259 g/mol. The van der Waals surface area contributed by atoms with Gasteiger partial charge in [0, 0.05) is 24.2 Å². The first-order valence-corrected chi connectivity index (χ1v) is 7.24. The minimum absolute atomic E-state index is 0.124. The van der Waals surface area contributed by atoms with Crippen LogP contribution in [-0.2, 0) is 6.54 Å². The van der Waals surface area contributed by atoms with Crippen molar-refractivity contribution in [1.29, 1.82) is 0 Å². The second-order valence-electron chi connectivity index (χ2n) is 5.48. The standard InChI is InChI=1S/C15H21FN2S/c1-10-4-3-5-11(2)18(10)9-12-6-7-14(16)13(8-12)15(17)19/h6-8,10-11H,3-5,9H2,1-2H3,(H2,17,19). The zero-order valence-corrected chi connectivity index (χ0v) is 12.3. The van der Waals surface area contributed by atoms with Gasteiger partial charge in [-0.25, -0.2) is 4.39 Å². The number of halogens is 1. The predicted octanol–water partition coefficient (Wildman–Crippen LogP) is 3.22. The molecule has 0 aromatic heterocycles. The van der Waals surface area contributed by atoms with Crippen molar-refractivity contribution in [3.63, 3.8) is 0 Å². The van der Waals surface area contributed by atoms with Crippen LogP contribution in [0.25, 0.3) is 0 Å². The summed E-state index contributed by atoms with van der Waals surface area (Å²) in [6, 6.07) is 6.21. The molecule has 0 saturated carbocycles. The fraction of sp³-hybridized carbons (Fsp3) is 0.533. The Bertz CT molecular complexity index is 465. The van der Waals surface area contributed by atoms with Crippen molar-refractivity contribution in [3.05, 3.63) is 35.1 Å². The molecule has 0 amide bonds. The summed E-state index contributed by atoms with van der Waals surface area (Å²) >= 11 is 4.88. The van der Waals surface area contributed by atoms with Crippen molar-refractivity contribution in [3.8, 4) is 0 Å². The maximum Gasteiger partial charge on any atom is 0.133 e. The number of nitrogens with two attached hydrogens (primary N) is 1. The van der Waals surface area contributed by atoms with Gasteiger partial charge in [0.25, 0.3) is 0 Å². The van der Waals surface area contributed by atoms with Crippen molar-refractivity contribution in [2.45, 2.75) is 51.7 Å². The second-order valence-corrected chi connectivity index (χ2v) is 5.92. The third-order valence-corrected chi connectivity index (χ3v) is 4.26. The van der Waals surface area contributed by atoms with E-state index in [4.69, 9.17) is 18.0 Å². The van der Waals surface area contributed by atoms with E-state index in [1.807, 2.05) is 6.07 Å². The molecule has 19 heavy (non-hydrogen) atoms. The lowest BCUT2D eigenvalue weighted by Gasteiger charge is -2.39. The lowest BCUT2D eigenvalue weighted by molar-refractivity contribution is 0.0952. The molecule has 1 heterocycles. The van der Waals surface area contributed by atoms with Crippen LogP contribution in [0, 0.1) is 5.82 Å². The number of nitrogens with zero attached hydrogens (tertiary/aromatic N) is 1. The topological polar surface area (TPSA) is 29.3 Å². The van der Waals surface area contributed by atoms with E-state index in [9.17, 15) is 4.39 Å². The molecule has 1 aromatic rings. The Hall–Kier alpha value is -1.00. The molecule has 2 atom stereocenters. The van der Waals surface area contributed by atoms with Crippen LogP contribution >= 0.6 is 12.2 Å². The van der Waals surface area contributed by atoms with Gasteiger partial charge in [0.1, 0.15) is 10.8 Å². The van der Waals surface area contributed by atoms with E-state index in [2.05, 4.69) is 18.7 Å². The molecule has 0 radical (unpaired) electrons. The lowest BCUT2D eigenvalue weighted by Crippen LogP contribution is -2.43. The maximum absolute atomic E-state index is 13.6. The highest BCUT2D eigenvalue weighted by Gasteiger charge is 2.24. The molecule has 1 fully saturated rings. The number of likely N-dealkylation sites (tertiary alicyclic amines) is 1. The van der Waals surface area contributed by atoms with Gasteiger partial charge in [0.05, 0.1) is 0 Å². The smallest absolute Gasteiger partial charge is 0.133 e. The summed E-state index contributed by atoms with van der Waals surface area (Å²) in [5.41, 5.74) is 6.97. The normalized spacial score (nSPS) is 24.4. The average Bonchev–Trinajstić information content (AvgIpc) is 2.35. The van der Waals surface area contributed by atoms with Crippen LogP contribution in [0.4, 0.5) is 4.39 Å². The Balaban J connectivity index is 2.18. The number of rotatable bonds is 3. The molecule has 1 saturated heterocycles. The minimum Gasteiger partial charge on any atom is -0.389 e. The van der Waals surface area contributed by atoms with E-state index in [1.165, 1.54) is 25.3 Å². The lowest BCUT2D eigenvalue weighted by atomic mass is 9.96. The van der Waals surface area contributed by atoms with Gasteiger partial charge in [0.2, 0.25) is 0 Å². The zero-order valence-electron chi connectivity index (χ0n) is 11.5. The highest BCUT2D eigenvalue weighted by atomic mass is 32.1. The monoisotopic (exact) mass is 280 g/mol. The molecule has 2 unspecified atom stereocenters. The summed E-state index contributed by atoms with van der Waals surface area (Å²) in [4.78, 5) is 2.60. The third-order valence-electron chi connectivity index (χ3n) is 4.04. The third kappa shape index (κ3) is 3.31. The van der Waals surface area contributed by atoms with Gasteiger partial charge in [-0.05, 0) is 44.4 Å². The summed E-state index contributed by atoms with van der Waals surface area (Å²) in [7, 11) is 0. The number of piperidine rings is 1. The highest BCUT2D eigenvalue weighted by Crippen LogP contribution is 2.25. The number of thiocarbonyl (C=S) groups is 1. The number of hydrogen-bond acceptors (Lipinski definition) is 2. The quantitative estimate of drug-likeness (QED) is 0.862. The van der Waals surface area contributed by atoms with Crippen LogP contribution in [0.2, 0.25) is 0 Å². The highest BCUT2D eigenvalue weighted by molar-refractivity contribution is 7.80. The molecule has 1 aliphatic rings. The largest absolute Gasteiger partial charge is 0.389 e. The molecule has 0 aliphatic carbocycles. The molecule has 1 aromatic carbocycles. The Morgan fingerprint density at radius 3 is 2.58 bits per heavy atom. The van der Waals surface area contributed by atoms with Crippen molar-refractivity contribution in [2.75, 3.05) is 0 Å². The molecule has 2 rings (SSSR count). The van der Waals surface area contributed by atoms with Gasteiger partial charge in [-0.2, -0.15) is 0 Å². The van der Waals surface area contributed by atoms with E-state index < -0.39 is 0 Å². The van der Waals surface area contributed by atoms with Crippen molar-refractivity contribution < 1.29 is 4.39 Å². The van der Waals surface area contributed by atoms with E-state index in [0.29, 0.717) is 17.6 Å². The Morgan fingerprint density at radius 2 is 2.00 bits per heavy atom. The van der Waals surface area contributed by atoms with Crippen molar-refractivity contribution in [2.24, 2.45) is 5.73 Å². The molecule has 2 nitrogen and oxygen atoms in total. The van der Waals surface area contributed by atoms with Gasteiger partial charge >= 0.3 is 0 Å². The van der Waals surface area contributed by atoms with Crippen LogP contribution in [0.15, 0.2) is 18.2 Å². The molecule has 4 heteroatoms. The first kappa shape index (κ1) is 14.4. The number of hydrogen-bond donors (Lipinski definition) is 1. The minimum atomic E-state index is -0.337. The first-order valence-electron chi connectivity index (χ1n) is 6.83. The van der Waals surface area contributed by atoms with Crippen LogP contribution in [0.5, 0.6) is 0 Å². The van der Waals surface area contributed by atoms with E-state index in [-0.39, 0.29) is 10.8 Å². The van der Waals surface area contributed by atoms with Crippen molar-refractivity contribution >= 4 is 17.2 Å². The maximum atomic E-state index is 13.6. The summed E-state index contributed by atoms with van der Waals surface area (Å²) in [6.07, 6.45) is 3.75. The van der Waals surface area contributed by atoms with Crippen molar-refractivity contribution in [1.82, 2.24) is 4.90 Å². The van der Waals surface area contributed by atoms with Gasteiger partial charge < -0.3 is 5.73 Å². The number of benzene rings is 1. The van der Waals surface area contributed by atoms with Gasteiger partial charge in [0.15, 0.2) is 0 Å². The average molecular weight is 280 g/mol. The van der Waals surface area contributed by atoms with Crippen LogP contribution in [0.1, 0.15) is 44.2 Å². The Morgan fingerprint density at radius 1 is 1.37 bits per heavy atom. The molecule has 0 bridgehead atoms. The van der Waals surface area contributed by atoms with Gasteiger partial charge in [-0.1, -0.05) is 24.7 Å². The Kier molecular flexibility index (Phi) is 4.53. The fourth-order valence-electron chi connectivity index (χ4n) is 2.86. The van der Waals surface area contributed by atoms with E-state index >= 15 is 0 Å². The molecule has 104 valence electrons. The van der Waals surface area contributed by atoms with E-state index in [1.54, 1.807) is 6.07 Å². The van der Waals surface area contributed by atoms with Gasteiger partial charge in [-0.15, -0.1) is 0 Å². The summed E-state index contributed by atoms with van der Waals surface area (Å²) < 4.78 is 13.6. The zero-order chi connectivity index (χ0) is 14.0. The van der Waals surface area contributed by atoms with Crippen LogP contribution < -0.4 is 5.73 Å². The summed E-state index contributed by atoms with van der Waals surface area (Å²) in [6.45, 7) is 5.35. The fourth-order valence-corrected chi connectivity index (χ4v) is 3.01. The van der Waals surface area contributed by atoms with Crippen LogP contribution in [0.3, 0.4) is 0 Å². The first-order chi connectivity index (χ1) is 8.99. The van der Waals surface area contributed by atoms with Gasteiger partial charge in [-0.3, -0.25) is 4.90 Å². The SMILES string of the molecule is CC1CCCC(C)N1Cc1ccc(F)c(C(N)=S)c1. The Labute approximate surface area is 119 Å². The second kappa shape index (κ2) is 5.97. The summed E-state index contributed by atoms with van der Waals surface area (Å²) in [5.74, 6) is -0.337.